The zero-order valence-electron chi connectivity index (χ0n) is 33.0. The van der Waals surface area contributed by atoms with Crippen molar-refractivity contribution in [3.63, 3.8) is 0 Å². The van der Waals surface area contributed by atoms with Crippen LogP contribution in [0.25, 0.3) is 0 Å². The first kappa shape index (κ1) is 36.7. The van der Waals surface area contributed by atoms with E-state index in [-0.39, 0.29) is 55.1 Å². The molecule has 4 aliphatic heterocycles. The predicted octanol–water partition coefficient (Wildman–Crippen LogP) is 9.23. The SMILES string of the molecule is CC1(C)CC(C(C)(C2CC(C)(C)NC(C)(C)C2)C(C)(C2CC(C)(C)NC(C)(C)C2)C2CC(C)(C)NC(C)(C)C2)CC(C)(C)N1. The lowest BCUT2D eigenvalue weighted by Crippen LogP contribution is -2.71. The minimum absolute atomic E-state index is 0.117. The molecule has 4 rings (SSSR count). The van der Waals surface area contributed by atoms with Crippen LogP contribution in [0.1, 0.15) is 176 Å². The Morgan fingerprint density at radius 2 is 0.409 bits per heavy atom. The van der Waals surface area contributed by atoms with Crippen molar-refractivity contribution in [2.75, 3.05) is 0 Å². The van der Waals surface area contributed by atoms with Crippen LogP contribution in [0.5, 0.6) is 0 Å². The average molecular weight is 615 g/mol. The number of hydrogen-bond donors (Lipinski definition) is 4. The van der Waals surface area contributed by atoms with Gasteiger partial charge in [-0.1, -0.05) is 13.8 Å². The van der Waals surface area contributed by atoms with Gasteiger partial charge in [-0.2, -0.15) is 0 Å². The van der Waals surface area contributed by atoms with Crippen LogP contribution >= 0.6 is 0 Å². The van der Waals surface area contributed by atoms with Crippen molar-refractivity contribution in [3.05, 3.63) is 0 Å². The van der Waals surface area contributed by atoms with Gasteiger partial charge < -0.3 is 21.3 Å². The summed E-state index contributed by atoms with van der Waals surface area (Å²) in [5, 5.41) is 16.4. The summed E-state index contributed by atoms with van der Waals surface area (Å²) in [4.78, 5) is 0. The first-order chi connectivity index (χ1) is 19.3. The second-order valence-corrected chi connectivity index (χ2v) is 22.6. The molecule has 0 aromatic carbocycles. The van der Waals surface area contributed by atoms with Crippen molar-refractivity contribution < 1.29 is 0 Å². The smallest absolute Gasteiger partial charge is 0.0132 e. The highest BCUT2D eigenvalue weighted by Crippen LogP contribution is 2.69. The highest BCUT2D eigenvalue weighted by Gasteiger charge is 2.66. The van der Waals surface area contributed by atoms with Gasteiger partial charge in [0, 0.05) is 44.3 Å². The third kappa shape index (κ3) is 7.44. The summed E-state index contributed by atoms with van der Waals surface area (Å²) in [5.74, 6) is 2.60. The molecule has 0 saturated carbocycles. The Morgan fingerprint density at radius 1 is 0.295 bits per heavy atom. The van der Waals surface area contributed by atoms with E-state index in [0.717, 1.165) is 0 Å². The van der Waals surface area contributed by atoms with Gasteiger partial charge in [0.2, 0.25) is 0 Å². The molecule has 4 heteroatoms. The first-order valence-electron chi connectivity index (χ1n) is 18.5. The molecule has 258 valence electrons. The fraction of sp³-hybridized carbons (Fsp3) is 1.00. The van der Waals surface area contributed by atoms with Crippen LogP contribution in [0.4, 0.5) is 0 Å². The summed E-state index contributed by atoms with van der Waals surface area (Å²) in [6.07, 6.45) is 10.0. The monoisotopic (exact) mass is 615 g/mol. The minimum atomic E-state index is 0.117. The summed E-state index contributed by atoms with van der Waals surface area (Å²) in [7, 11) is 0. The molecule has 0 amide bonds. The lowest BCUT2D eigenvalue weighted by Gasteiger charge is -2.70. The summed E-state index contributed by atoms with van der Waals surface area (Å²) in [5.41, 5.74) is 1.27. The van der Waals surface area contributed by atoms with Crippen LogP contribution < -0.4 is 21.3 Å². The van der Waals surface area contributed by atoms with Crippen molar-refractivity contribution >= 4 is 0 Å². The van der Waals surface area contributed by atoms with E-state index < -0.39 is 0 Å². The quantitative estimate of drug-likeness (QED) is 0.249. The van der Waals surface area contributed by atoms with Crippen LogP contribution in [0, 0.1) is 34.5 Å². The molecular weight excluding hydrogens is 536 g/mol. The van der Waals surface area contributed by atoms with E-state index in [9.17, 15) is 0 Å². The Balaban J connectivity index is 2.04. The van der Waals surface area contributed by atoms with Crippen LogP contribution in [0.15, 0.2) is 0 Å². The predicted molar refractivity (Wildman–Crippen MR) is 192 cm³/mol. The van der Waals surface area contributed by atoms with Crippen molar-refractivity contribution in [1.29, 1.82) is 0 Å². The van der Waals surface area contributed by atoms with Crippen molar-refractivity contribution in [3.8, 4) is 0 Å². The molecule has 4 saturated heterocycles. The Morgan fingerprint density at radius 3 is 0.523 bits per heavy atom. The van der Waals surface area contributed by atoms with E-state index in [1.54, 1.807) is 0 Å². The molecule has 0 bridgehead atoms. The number of hydrogen-bond acceptors (Lipinski definition) is 4. The zero-order valence-corrected chi connectivity index (χ0v) is 33.0. The van der Waals surface area contributed by atoms with Crippen LogP contribution in [-0.4, -0.2) is 44.3 Å². The third-order valence-electron chi connectivity index (χ3n) is 13.3. The molecule has 0 aromatic rings. The molecule has 0 radical (unpaired) electrons. The van der Waals surface area contributed by atoms with Gasteiger partial charge in [0.15, 0.2) is 0 Å². The Kier molecular flexibility index (Phi) is 8.89. The second kappa shape index (κ2) is 10.7. The lowest BCUT2D eigenvalue weighted by atomic mass is 9.38. The van der Waals surface area contributed by atoms with E-state index in [1.165, 1.54) is 51.4 Å². The maximum atomic E-state index is 4.10. The Hall–Kier alpha value is -0.160. The topological polar surface area (TPSA) is 48.1 Å². The van der Waals surface area contributed by atoms with Gasteiger partial charge >= 0.3 is 0 Å². The van der Waals surface area contributed by atoms with Gasteiger partial charge in [0.05, 0.1) is 0 Å². The minimum Gasteiger partial charge on any atom is -0.307 e. The van der Waals surface area contributed by atoms with Gasteiger partial charge in [0.25, 0.3) is 0 Å². The number of rotatable bonds is 5. The molecule has 4 N–H and O–H groups in total. The third-order valence-corrected chi connectivity index (χ3v) is 13.3. The fourth-order valence-corrected chi connectivity index (χ4v) is 13.4. The summed E-state index contributed by atoms with van der Waals surface area (Å²) >= 11 is 0. The molecule has 4 fully saturated rings. The van der Waals surface area contributed by atoms with Gasteiger partial charge in [-0.25, -0.2) is 0 Å². The van der Waals surface area contributed by atoms with E-state index in [0.29, 0.717) is 23.7 Å². The maximum Gasteiger partial charge on any atom is 0.0132 e. The fourth-order valence-electron chi connectivity index (χ4n) is 13.4. The maximum absolute atomic E-state index is 4.10. The van der Waals surface area contributed by atoms with Gasteiger partial charge in [-0.15, -0.1) is 0 Å². The van der Waals surface area contributed by atoms with Gasteiger partial charge in [0.1, 0.15) is 0 Å². The molecule has 0 unspecified atom stereocenters. The molecule has 44 heavy (non-hydrogen) atoms. The standard InChI is InChI=1S/C40H78N4/c1-31(2)19-27(20-32(3,4)41-31)39(17,28-21-33(5,6)42-34(7,8)22-28)40(18,29-23-35(9,10)43-36(11,12)24-29)30-25-37(13,14)44-38(15,16)26-30/h27-30,41-44H,19-26H2,1-18H3. The van der Waals surface area contributed by atoms with Crippen LogP contribution in [0.3, 0.4) is 0 Å². The second-order valence-electron chi connectivity index (χ2n) is 22.6. The van der Waals surface area contributed by atoms with E-state index in [1.807, 2.05) is 0 Å². The van der Waals surface area contributed by atoms with Gasteiger partial charge in [-0.05, 0) is 197 Å². The van der Waals surface area contributed by atoms with E-state index >= 15 is 0 Å². The van der Waals surface area contributed by atoms with Crippen LogP contribution in [-0.2, 0) is 0 Å². The highest BCUT2D eigenvalue weighted by atomic mass is 15.1. The van der Waals surface area contributed by atoms with Gasteiger partial charge in [-0.3, -0.25) is 0 Å². The molecule has 0 atom stereocenters. The molecule has 0 aromatic heterocycles. The Bertz CT molecular complexity index is 833. The summed E-state index contributed by atoms with van der Waals surface area (Å²) in [6, 6.07) is 0. The summed E-state index contributed by atoms with van der Waals surface area (Å²) in [6.45, 7) is 45.5. The molecule has 0 aliphatic carbocycles. The van der Waals surface area contributed by atoms with Crippen molar-refractivity contribution in [2.45, 2.75) is 220 Å². The molecule has 0 spiro atoms. The highest BCUT2D eigenvalue weighted by molar-refractivity contribution is 5.18. The number of piperidine rings is 4. The van der Waals surface area contributed by atoms with Crippen molar-refractivity contribution in [2.24, 2.45) is 34.5 Å². The normalized spacial score (nSPS) is 32.3. The summed E-state index contributed by atoms with van der Waals surface area (Å²) < 4.78 is 0. The van der Waals surface area contributed by atoms with Crippen LogP contribution in [0.2, 0.25) is 0 Å². The average Bonchev–Trinajstić information content (AvgIpc) is 2.69. The first-order valence-corrected chi connectivity index (χ1v) is 18.5. The van der Waals surface area contributed by atoms with Crippen molar-refractivity contribution in [1.82, 2.24) is 21.3 Å². The number of nitrogens with one attached hydrogen (secondary N) is 4. The largest absolute Gasteiger partial charge is 0.307 e. The van der Waals surface area contributed by atoms with E-state index in [2.05, 4.69) is 146 Å². The Labute approximate surface area is 275 Å². The zero-order chi connectivity index (χ0) is 33.8. The lowest BCUT2D eigenvalue weighted by molar-refractivity contribution is -0.190. The van der Waals surface area contributed by atoms with E-state index in [4.69, 9.17) is 0 Å². The molecule has 4 aliphatic rings. The molecular formula is C40H78N4. The molecule has 4 nitrogen and oxygen atoms in total. The molecule has 4 heterocycles.